The van der Waals surface area contributed by atoms with Gasteiger partial charge in [-0.15, -0.1) is 4.80 Å². The average Bonchev–Trinajstić information content (AvgIpc) is 3.33. The zero-order valence-corrected chi connectivity index (χ0v) is 21.9. The highest BCUT2D eigenvalue weighted by Gasteiger charge is 2.25. The summed E-state index contributed by atoms with van der Waals surface area (Å²) in [5.74, 6) is -2.14. The number of esters is 1. The zero-order chi connectivity index (χ0) is 27.3. The van der Waals surface area contributed by atoms with Gasteiger partial charge in [-0.2, -0.15) is 10.2 Å². The van der Waals surface area contributed by atoms with Crippen molar-refractivity contribution in [3.8, 4) is 5.69 Å². The number of rotatable bonds is 10. The second-order valence-corrected chi connectivity index (χ2v) is 9.78. The number of carbonyl (C=O) groups excluding carboxylic acids is 2. The van der Waals surface area contributed by atoms with Crippen molar-refractivity contribution in [3.63, 3.8) is 0 Å². The van der Waals surface area contributed by atoms with Gasteiger partial charge in [-0.1, -0.05) is 13.8 Å². The predicted molar refractivity (Wildman–Crippen MR) is 137 cm³/mol. The number of hydrogen-bond donors (Lipinski definition) is 3. The van der Waals surface area contributed by atoms with E-state index in [9.17, 15) is 14.0 Å². The molecule has 0 bridgehead atoms. The van der Waals surface area contributed by atoms with E-state index in [2.05, 4.69) is 30.8 Å². The summed E-state index contributed by atoms with van der Waals surface area (Å²) in [7, 11) is 0. The SMILES string of the molecule is CC[C@@H](Nc1nc(Nc2cnc(C)c(-n3nccn3)c2)c(C(N)=O)cc1F)[C@H](C)CC(=O)OC(C)(C)C. The highest BCUT2D eigenvalue weighted by molar-refractivity contribution is 5.98. The first kappa shape index (κ1) is 27.5. The maximum Gasteiger partial charge on any atom is 0.306 e. The monoisotopic (exact) mass is 512 g/mol. The summed E-state index contributed by atoms with van der Waals surface area (Å²) < 4.78 is 20.4. The molecule has 2 atom stereocenters. The molecule has 11 nitrogen and oxygen atoms in total. The Morgan fingerprint density at radius 3 is 2.46 bits per heavy atom. The van der Waals surface area contributed by atoms with Gasteiger partial charge in [0, 0.05) is 6.04 Å². The number of primary amides is 1. The molecule has 3 heterocycles. The van der Waals surface area contributed by atoms with Gasteiger partial charge in [0.05, 0.1) is 42.0 Å². The van der Waals surface area contributed by atoms with Gasteiger partial charge in [-0.25, -0.2) is 9.37 Å². The summed E-state index contributed by atoms with van der Waals surface area (Å²) in [5.41, 5.74) is 6.53. The number of amides is 1. The fourth-order valence-corrected chi connectivity index (χ4v) is 3.75. The summed E-state index contributed by atoms with van der Waals surface area (Å²) in [6.45, 7) is 11.0. The number of aryl methyl sites for hydroxylation is 1. The van der Waals surface area contributed by atoms with E-state index in [-0.39, 0.29) is 41.5 Å². The first-order valence-electron chi connectivity index (χ1n) is 12.0. The third-order valence-corrected chi connectivity index (χ3v) is 5.56. The fraction of sp³-hybridized carbons (Fsp3) is 0.440. The number of aromatic nitrogens is 5. The predicted octanol–water partition coefficient (Wildman–Crippen LogP) is 3.91. The molecule has 3 aromatic rings. The van der Waals surface area contributed by atoms with Crippen molar-refractivity contribution in [2.45, 2.75) is 66.0 Å². The van der Waals surface area contributed by atoms with Crippen LogP contribution in [0.25, 0.3) is 5.69 Å². The maximum absolute atomic E-state index is 15.0. The first-order valence-corrected chi connectivity index (χ1v) is 12.0. The minimum Gasteiger partial charge on any atom is -0.460 e. The van der Waals surface area contributed by atoms with Crippen LogP contribution in [0.2, 0.25) is 0 Å². The van der Waals surface area contributed by atoms with Gasteiger partial charge in [-0.05, 0) is 52.2 Å². The Balaban J connectivity index is 1.87. The minimum atomic E-state index is -0.847. The Morgan fingerprint density at radius 2 is 1.86 bits per heavy atom. The quantitative estimate of drug-likeness (QED) is 0.344. The molecule has 3 aromatic heterocycles. The van der Waals surface area contributed by atoms with Gasteiger partial charge < -0.3 is 21.1 Å². The fourth-order valence-electron chi connectivity index (χ4n) is 3.75. The van der Waals surface area contributed by atoms with E-state index in [1.807, 2.05) is 13.8 Å². The number of halogens is 1. The van der Waals surface area contributed by atoms with Crippen LogP contribution in [-0.4, -0.2) is 48.5 Å². The third-order valence-electron chi connectivity index (χ3n) is 5.56. The van der Waals surface area contributed by atoms with Crippen molar-refractivity contribution in [3.05, 3.63) is 47.8 Å². The molecular weight excluding hydrogens is 479 g/mol. The number of nitrogens with two attached hydrogens (primary N) is 1. The molecule has 0 fully saturated rings. The third kappa shape index (κ3) is 7.21. The van der Waals surface area contributed by atoms with Crippen LogP contribution in [0.5, 0.6) is 0 Å². The van der Waals surface area contributed by atoms with Crippen LogP contribution in [0.1, 0.15) is 63.5 Å². The molecule has 0 saturated carbocycles. The molecule has 198 valence electrons. The molecule has 0 saturated heterocycles. The molecule has 37 heavy (non-hydrogen) atoms. The molecule has 0 aromatic carbocycles. The van der Waals surface area contributed by atoms with Crippen LogP contribution >= 0.6 is 0 Å². The average molecular weight is 513 g/mol. The van der Waals surface area contributed by atoms with Crippen molar-refractivity contribution in [2.75, 3.05) is 10.6 Å². The highest BCUT2D eigenvalue weighted by Crippen LogP contribution is 2.27. The molecule has 3 rings (SSSR count). The van der Waals surface area contributed by atoms with Crippen molar-refractivity contribution in [1.82, 2.24) is 25.0 Å². The van der Waals surface area contributed by atoms with Crippen molar-refractivity contribution in [2.24, 2.45) is 11.7 Å². The van der Waals surface area contributed by atoms with E-state index in [4.69, 9.17) is 10.5 Å². The molecule has 12 heteroatoms. The highest BCUT2D eigenvalue weighted by atomic mass is 19.1. The van der Waals surface area contributed by atoms with Gasteiger partial charge in [0.1, 0.15) is 17.1 Å². The van der Waals surface area contributed by atoms with E-state index < -0.39 is 17.3 Å². The Labute approximate surface area is 215 Å². The summed E-state index contributed by atoms with van der Waals surface area (Å²) in [5, 5.41) is 14.3. The molecular formula is C25H33FN8O3. The van der Waals surface area contributed by atoms with E-state index in [0.29, 0.717) is 23.5 Å². The zero-order valence-electron chi connectivity index (χ0n) is 21.9. The van der Waals surface area contributed by atoms with Gasteiger partial charge in [0.15, 0.2) is 11.6 Å². The van der Waals surface area contributed by atoms with Crippen molar-refractivity contribution < 1.29 is 18.7 Å². The lowest BCUT2D eigenvalue weighted by molar-refractivity contribution is -0.155. The largest absolute Gasteiger partial charge is 0.460 e. The number of nitrogens with zero attached hydrogens (tertiary/aromatic N) is 5. The molecule has 0 spiro atoms. The van der Waals surface area contributed by atoms with Gasteiger partial charge in [-0.3, -0.25) is 14.6 Å². The summed E-state index contributed by atoms with van der Waals surface area (Å²) in [4.78, 5) is 34.5. The van der Waals surface area contributed by atoms with E-state index >= 15 is 0 Å². The number of pyridine rings is 2. The molecule has 1 amide bonds. The Hall–Kier alpha value is -4.09. The lowest BCUT2D eigenvalue weighted by Crippen LogP contribution is -2.32. The maximum atomic E-state index is 15.0. The van der Waals surface area contributed by atoms with E-state index in [0.717, 1.165) is 6.07 Å². The van der Waals surface area contributed by atoms with Gasteiger partial charge in [0.2, 0.25) is 0 Å². The Bertz CT molecular complexity index is 1260. The summed E-state index contributed by atoms with van der Waals surface area (Å²) in [6, 6.07) is 2.46. The number of hydrogen-bond acceptors (Lipinski definition) is 9. The van der Waals surface area contributed by atoms with Crippen molar-refractivity contribution >= 4 is 29.2 Å². The number of carbonyl (C=O) groups is 2. The number of ether oxygens (including phenoxy) is 1. The van der Waals surface area contributed by atoms with Crippen LogP contribution in [0.3, 0.4) is 0 Å². The number of anilines is 3. The lowest BCUT2D eigenvalue weighted by atomic mass is 9.96. The topological polar surface area (TPSA) is 150 Å². The van der Waals surface area contributed by atoms with Gasteiger partial charge in [0.25, 0.3) is 5.91 Å². The minimum absolute atomic E-state index is 0.0519. The first-order chi connectivity index (χ1) is 17.4. The standard InChI is InChI=1S/C25H33FN8O3/c1-7-19(14(2)10-21(35)37-25(4,5)6)32-24-18(26)12-17(22(27)36)23(33-24)31-16-11-20(15(3)28-13-16)34-29-8-9-30-34/h8-9,11-14,19H,7,10H2,1-6H3,(H2,27,36)(H2,31,32,33)/t14-,19-/m1/s1. The van der Waals surface area contributed by atoms with Crippen molar-refractivity contribution in [1.29, 1.82) is 0 Å². The Morgan fingerprint density at radius 1 is 1.19 bits per heavy atom. The molecule has 0 radical (unpaired) electrons. The normalized spacial score (nSPS) is 13.1. The van der Waals surface area contributed by atoms with Crippen LogP contribution < -0.4 is 16.4 Å². The summed E-state index contributed by atoms with van der Waals surface area (Å²) >= 11 is 0. The second-order valence-electron chi connectivity index (χ2n) is 9.78. The molecule has 0 unspecified atom stereocenters. The van der Waals surface area contributed by atoms with Crippen LogP contribution in [0.15, 0.2) is 30.7 Å². The molecule has 0 aliphatic carbocycles. The molecule has 0 aliphatic rings. The van der Waals surface area contributed by atoms with E-state index in [1.165, 1.54) is 17.2 Å². The molecule has 0 aliphatic heterocycles. The van der Waals surface area contributed by atoms with Crippen LogP contribution in [0, 0.1) is 18.7 Å². The smallest absolute Gasteiger partial charge is 0.306 e. The number of nitrogens with one attached hydrogen (secondary N) is 2. The summed E-state index contributed by atoms with van der Waals surface area (Å²) in [6.07, 6.45) is 5.36. The molecule has 4 N–H and O–H groups in total. The van der Waals surface area contributed by atoms with E-state index in [1.54, 1.807) is 40.0 Å². The second kappa shape index (κ2) is 11.3. The van der Waals surface area contributed by atoms with Crippen LogP contribution in [0.4, 0.5) is 21.7 Å². The van der Waals surface area contributed by atoms with Crippen LogP contribution in [-0.2, 0) is 9.53 Å². The Kier molecular flexibility index (Phi) is 8.41. The van der Waals surface area contributed by atoms with Gasteiger partial charge >= 0.3 is 5.97 Å². The lowest BCUT2D eigenvalue weighted by Gasteiger charge is -2.26.